The third-order valence-corrected chi connectivity index (χ3v) is 2.98. The SMILES string of the molecule is Cc1cc(C(C)Nc2nnc(C)c(C)n2)c(C)o1. The Kier molecular flexibility index (Phi) is 3.32. The van der Waals surface area contributed by atoms with Crippen LogP contribution >= 0.6 is 0 Å². The van der Waals surface area contributed by atoms with Gasteiger partial charge in [-0.25, -0.2) is 4.98 Å². The van der Waals surface area contributed by atoms with E-state index < -0.39 is 0 Å². The zero-order chi connectivity index (χ0) is 13.3. The third kappa shape index (κ3) is 2.50. The van der Waals surface area contributed by atoms with Gasteiger partial charge in [0.05, 0.1) is 17.4 Å². The Balaban J connectivity index is 2.18. The van der Waals surface area contributed by atoms with E-state index in [-0.39, 0.29) is 6.04 Å². The number of hydrogen-bond acceptors (Lipinski definition) is 5. The summed E-state index contributed by atoms with van der Waals surface area (Å²) in [4.78, 5) is 4.36. The average molecular weight is 246 g/mol. The first-order chi connectivity index (χ1) is 8.47. The second kappa shape index (κ2) is 4.76. The Hall–Kier alpha value is -1.91. The van der Waals surface area contributed by atoms with E-state index >= 15 is 0 Å². The first-order valence-electron chi connectivity index (χ1n) is 5.98. The van der Waals surface area contributed by atoms with Gasteiger partial charge in [-0.2, -0.15) is 5.10 Å². The summed E-state index contributed by atoms with van der Waals surface area (Å²) in [6.07, 6.45) is 0. The van der Waals surface area contributed by atoms with Crippen LogP contribution in [0.3, 0.4) is 0 Å². The predicted octanol–water partition coefficient (Wildman–Crippen LogP) is 2.87. The molecule has 2 aromatic heterocycles. The van der Waals surface area contributed by atoms with Gasteiger partial charge in [0, 0.05) is 5.56 Å². The Bertz CT molecular complexity index is 562. The molecule has 1 N–H and O–H groups in total. The molecule has 5 nitrogen and oxygen atoms in total. The van der Waals surface area contributed by atoms with Crippen LogP contribution in [0, 0.1) is 27.7 Å². The van der Waals surface area contributed by atoms with E-state index in [2.05, 4.69) is 27.4 Å². The Morgan fingerprint density at radius 2 is 1.83 bits per heavy atom. The van der Waals surface area contributed by atoms with Gasteiger partial charge >= 0.3 is 0 Å². The minimum Gasteiger partial charge on any atom is -0.466 e. The summed E-state index contributed by atoms with van der Waals surface area (Å²) >= 11 is 0. The highest BCUT2D eigenvalue weighted by molar-refractivity contribution is 5.33. The van der Waals surface area contributed by atoms with E-state index in [0.29, 0.717) is 5.95 Å². The summed E-state index contributed by atoms with van der Waals surface area (Å²) in [5.41, 5.74) is 2.86. The predicted molar refractivity (Wildman–Crippen MR) is 69.5 cm³/mol. The van der Waals surface area contributed by atoms with Crippen molar-refractivity contribution in [2.24, 2.45) is 0 Å². The van der Waals surface area contributed by atoms with Crippen molar-refractivity contribution in [2.75, 3.05) is 5.32 Å². The van der Waals surface area contributed by atoms with Gasteiger partial charge in [0.2, 0.25) is 5.95 Å². The van der Waals surface area contributed by atoms with Gasteiger partial charge in [-0.3, -0.25) is 0 Å². The molecule has 0 bridgehead atoms. The lowest BCUT2D eigenvalue weighted by Gasteiger charge is -2.13. The fourth-order valence-electron chi connectivity index (χ4n) is 1.87. The van der Waals surface area contributed by atoms with Crippen LogP contribution in [-0.4, -0.2) is 15.2 Å². The molecule has 2 rings (SSSR count). The minimum absolute atomic E-state index is 0.0892. The van der Waals surface area contributed by atoms with Gasteiger partial charge < -0.3 is 9.73 Å². The van der Waals surface area contributed by atoms with Gasteiger partial charge in [-0.15, -0.1) is 5.10 Å². The van der Waals surface area contributed by atoms with E-state index in [1.54, 1.807) is 0 Å². The van der Waals surface area contributed by atoms with Crippen LogP contribution in [0.25, 0.3) is 0 Å². The second-order valence-corrected chi connectivity index (χ2v) is 4.54. The smallest absolute Gasteiger partial charge is 0.243 e. The molecule has 2 heterocycles. The molecule has 0 aliphatic carbocycles. The van der Waals surface area contributed by atoms with Crippen LogP contribution in [0.15, 0.2) is 10.5 Å². The van der Waals surface area contributed by atoms with Crippen molar-refractivity contribution in [3.63, 3.8) is 0 Å². The van der Waals surface area contributed by atoms with Crippen molar-refractivity contribution < 1.29 is 4.42 Å². The van der Waals surface area contributed by atoms with E-state index in [4.69, 9.17) is 4.42 Å². The van der Waals surface area contributed by atoms with Crippen molar-refractivity contribution in [1.82, 2.24) is 15.2 Å². The second-order valence-electron chi connectivity index (χ2n) is 4.54. The van der Waals surface area contributed by atoms with E-state index in [1.807, 2.05) is 33.8 Å². The maximum Gasteiger partial charge on any atom is 0.243 e. The molecule has 96 valence electrons. The molecule has 1 atom stereocenters. The molecule has 5 heteroatoms. The lowest BCUT2D eigenvalue weighted by atomic mass is 10.1. The van der Waals surface area contributed by atoms with Crippen molar-refractivity contribution in [3.05, 3.63) is 34.5 Å². The van der Waals surface area contributed by atoms with Gasteiger partial charge in [-0.05, 0) is 40.7 Å². The number of hydrogen-bond donors (Lipinski definition) is 1. The van der Waals surface area contributed by atoms with Gasteiger partial charge in [0.25, 0.3) is 0 Å². The summed E-state index contributed by atoms with van der Waals surface area (Å²) in [7, 11) is 0. The normalized spacial score (nSPS) is 12.5. The van der Waals surface area contributed by atoms with E-state index in [1.165, 1.54) is 0 Å². The van der Waals surface area contributed by atoms with Crippen LogP contribution in [-0.2, 0) is 0 Å². The molecular weight excluding hydrogens is 228 g/mol. The average Bonchev–Trinajstić information content (AvgIpc) is 2.63. The van der Waals surface area contributed by atoms with Crippen LogP contribution in [0.5, 0.6) is 0 Å². The Labute approximate surface area is 107 Å². The van der Waals surface area contributed by atoms with Crippen LogP contribution in [0.4, 0.5) is 5.95 Å². The summed E-state index contributed by atoms with van der Waals surface area (Å²) in [6.45, 7) is 9.77. The summed E-state index contributed by atoms with van der Waals surface area (Å²) < 4.78 is 5.52. The molecule has 0 aromatic carbocycles. The summed E-state index contributed by atoms with van der Waals surface area (Å²) in [5.74, 6) is 2.38. The molecule has 0 amide bonds. The highest BCUT2D eigenvalue weighted by Crippen LogP contribution is 2.23. The molecule has 0 spiro atoms. The van der Waals surface area contributed by atoms with Crippen LogP contribution < -0.4 is 5.32 Å². The van der Waals surface area contributed by atoms with E-state index in [0.717, 1.165) is 28.5 Å². The first kappa shape index (κ1) is 12.5. The third-order valence-electron chi connectivity index (χ3n) is 2.98. The maximum atomic E-state index is 5.52. The van der Waals surface area contributed by atoms with Crippen molar-refractivity contribution >= 4 is 5.95 Å². The van der Waals surface area contributed by atoms with Crippen molar-refractivity contribution in [3.8, 4) is 0 Å². The number of rotatable bonds is 3. The largest absolute Gasteiger partial charge is 0.466 e. The lowest BCUT2D eigenvalue weighted by molar-refractivity contribution is 0.499. The minimum atomic E-state index is 0.0892. The molecule has 0 radical (unpaired) electrons. The molecule has 0 saturated heterocycles. The fourth-order valence-corrected chi connectivity index (χ4v) is 1.87. The van der Waals surface area contributed by atoms with E-state index in [9.17, 15) is 0 Å². The Morgan fingerprint density at radius 1 is 1.11 bits per heavy atom. The van der Waals surface area contributed by atoms with Crippen molar-refractivity contribution in [1.29, 1.82) is 0 Å². The van der Waals surface area contributed by atoms with Gasteiger partial charge in [0.15, 0.2) is 0 Å². The molecule has 18 heavy (non-hydrogen) atoms. The van der Waals surface area contributed by atoms with Crippen LogP contribution in [0.2, 0.25) is 0 Å². The number of aryl methyl sites for hydroxylation is 4. The Morgan fingerprint density at radius 3 is 2.39 bits per heavy atom. The van der Waals surface area contributed by atoms with Gasteiger partial charge in [0.1, 0.15) is 11.5 Å². The topological polar surface area (TPSA) is 63.8 Å². The molecule has 0 fully saturated rings. The zero-order valence-corrected chi connectivity index (χ0v) is 11.4. The molecule has 1 unspecified atom stereocenters. The quantitative estimate of drug-likeness (QED) is 0.902. The van der Waals surface area contributed by atoms with Crippen molar-refractivity contribution in [2.45, 2.75) is 40.7 Å². The molecule has 0 saturated carbocycles. The number of nitrogens with one attached hydrogen (secondary N) is 1. The highest BCUT2D eigenvalue weighted by Gasteiger charge is 2.14. The molecule has 2 aromatic rings. The molecule has 0 aliphatic heterocycles. The molecule has 0 aliphatic rings. The highest BCUT2D eigenvalue weighted by atomic mass is 16.3. The number of anilines is 1. The summed E-state index contributed by atoms with van der Waals surface area (Å²) in [5, 5.41) is 11.3. The lowest BCUT2D eigenvalue weighted by Crippen LogP contribution is -2.11. The zero-order valence-electron chi connectivity index (χ0n) is 11.4. The van der Waals surface area contributed by atoms with Gasteiger partial charge in [-0.1, -0.05) is 0 Å². The first-order valence-corrected chi connectivity index (χ1v) is 5.98. The number of furan rings is 1. The van der Waals surface area contributed by atoms with Crippen LogP contribution in [0.1, 0.15) is 41.4 Å². The molecular formula is C13H18N4O. The summed E-state index contributed by atoms with van der Waals surface area (Å²) in [6, 6.07) is 2.12. The maximum absolute atomic E-state index is 5.52. The number of nitrogens with zero attached hydrogens (tertiary/aromatic N) is 3. The monoisotopic (exact) mass is 246 g/mol. The fraction of sp³-hybridized carbons (Fsp3) is 0.462. The standard InChI is InChI=1S/C13H18N4O/c1-7-6-12(11(5)18-7)10(4)15-13-14-8(2)9(3)16-17-13/h6,10H,1-5H3,(H,14,15,17). The number of aromatic nitrogens is 3.